The first-order valence-electron chi connectivity index (χ1n) is 11.8. The number of ether oxygens (including phenoxy) is 2. The van der Waals surface area contributed by atoms with Crippen LogP contribution in [-0.4, -0.2) is 44.0 Å². The first-order valence-corrected chi connectivity index (χ1v) is 12.2. The van der Waals surface area contributed by atoms with Gasteiger partial charge in [0.05, 0.1) is 22.1 Å². The van der Waals surface area contributed by atoms with Crippen molar-refractivity contribution in [2.45, 2.75) is 57.5 Å². The Morgan fingerprint density at radius 2 is 1.97 bits per heavy atom. The molecule has 38 heavy (non-hydrogen) atoms. The Balaban J connectivity index is 1.59. The molecular weight excluding hydrogens is 525 g/mol. The first kappa shape index (κ1) is 25.9. The summed E-state index contributed by atoms with van der Waals surface area (Å²) in [5, 5.41) is -0.0256. The van der Waals surface area contributed by atoms with Crippen LogP contribution in [0.1, 0.15) is 61.4 Å². The van der Waals surface area contributed by atoms with Crippen molar-refractivity contribution in [3.05, 3.63) is 70.5 Å². The summed E-state index contributed by atoms with van der Waals surface area (Å²) in [6.45, 7) is 3.14. The Bertz CT molecular complexity index is 1450. The molecule has 1 aromatic carbocycles. The van der Waals surface area contributed by atoms with E-state index in [1.165, 1.54) is 13.0 Å². The van der Waals surface area contributed by atoms with E-state index in [1.54, 1.807) is 42.1 Å². The fourth-order valence-corrected chi connectivity index (χ4v) is 4.80. The topological polar surface area (TPSA) is 95.7 Å². The van der Waals surface area contributed by atoms with E-state index in [-0.39, 0.29) is 29.3 Å². The largest absolute Gasteiger partial charge is 0.573 e. The molecule has 8 nitrogen and oxygen atoms in total. The van der Waals surface area contributed by atoms with E-state index < -0.39 is 29.7 Å². The molecule has 2 aliphatic rings. The lowest BCUT2D eigenvalue weighted by molar-refractivity contribution is -0.274. The number of esters is 1. The van der Waals surface area contributed by atoms with Crippen LogP contribution in [0.2, 0.25) is 5.02 Å². The van der Waals surface area contributed by atoms with Crippen molar-refractivity contribution in [3.8, 4) is 11.4 Å². The number of hydrogen-bond acceptors (Lipinski definition) is 7. The molecule has 12 heteroatoms. The van der Waals surface area contributed by atoms with Gasteiger partial charge in [-0.3, -0.25) is 24.1 Å². The van der Waals surface area contributed by atoms with E-state index in [4.69, 9.17) is 21.3 Å². The summed E-state index contributed by atoms with van der Waals surface area (Å²) in [4.78, 5) is 38.2. The predicted octanol–water partition coefficient (Wildman–Crippen LogP) is 5.46. The van der Waals surface area contributed by atoms with Gasteiger partial charge in [0, 0.05) is 36.1 Å². The normalized spacial score (nSPS) is 17.5. The Morgan fingerprint density at radius 1 is 1.21 bits per heavy atom. The summed E-state index contributed by atoms with van der Waals surface area (Å²) in [6, 6.07) is 6.77. The van der Waals surface area contributed by atoms with E-state index >= 15 is 0 Å². The monoisotopic (exact) mass is 546 g/mol. The minimum Gasteiger partial charge on any atom is -0.451 e. The molecule has 0 spiro atoms. The number of rotatable bonds is 7. The summed E-state index contributed by atoms with van der Waals surface area (Å²) in [6.07, 6.45) is -0.697. The van der Waals surface area contributed by atoms with Gasteiger partial charge in [-0.15, -0.1) is 13.2 Å². The van der Waals surface area contributed by atoms with Crippen molar-refractivity contribution >= 4 is 29.1 Å². The number of carbonyl (C=O) groups is 2. The van der Waals surface area contributed by atoms with E-state index in [0.717, 1.165) is 6.07 Å². The Kier molecular flexibility index (Phi) is 6.50. The molecular formula is C26H22ClF3N4O4. The standard InChI is InChI=1S/C26H22ClF3N4O4/c1-14-13-32-24-19(6-7-21(36)38-25(8-9-25)15(2)35)33-23(18-5-3-4-10-31-18)22-17(27)11-16(37-26(28,29)30)12-20(22)34(14)24/h3-5,10-13,19H,6-9H2,1-2H3/t19-/m0/s1. The van der Waals surface area contributed by atoms with E-state index in [2.05, 4.69) is 14.7 Å². The Hall–Kier alpha value is -3.73. The third-order valence-electron chi connectivity index (χ3n) is 6.49. The van der Waals surface area contributed by atoms with Crippen LogP contribution in [0.3, 0.4) is 0 Å². The van der Waals surface area contributed by atoms with Gasteiger partial charge in [-0.25, -0.2) is 4.98 Å². The van der Waals surface area contributed by atoms with Crippen LogP contribution >= 0.6 is 11.6 Å². The van der Waals surface area contributed by atoms with Crippen molar-refractivity contribution in [2.24, 2.45) is 4.99 Å². The summed E-state index contributed by atoms with van der Waals surface area (Å²) in [5.74, 6) is -0.830. The zero-order valence-electron chi connectivity index (χ0n) is 20.4. The third-order valence-corrected chi connectivity index (χ3v) is 6.79. The molecule has 1 saturated carbocycles. The van der Waals surface area contributed by atoms with Gasteiger partial charge in [0.2, 0.25) is 0 Å². The summed E-state index contributed by atoms with van der Waals surface area (Å²) >= 11 is 6.57. The van der Waals surface area contributed by atoms with Crippen LogP contribution in [0, 0.1) is 6.92 Å². The average Bonchev–Trinajstić information content (AvgIpc) is 3.55. The second-order valence-electron chi connectivity index (χ2n) is 9.21. The Labute approximate surface area is 220 Å². The number of Topliss-reactive ketones (excluding diaryl/α,β-unsaturated/α-hetero) is 1. The van der Waals surface area contributed by atoms with Gasteiger partial charge in [0.25, 0.3) is 0 Å². The molecule has 0 radical (unpaired) electrons. The molecule has 1 fully saturated rings. The van der Waals surface area contributed by atoms with Crippen LogP contribution in [0.15, 0.2) is 47.7 Å². The molecule has 0 unspecified atom stereocenters. The molecule has 1 aliphatic heterocycles. The minimum atomic E-state index is -4.92. The van der Waals surface area contributed by atoms with Gasteiger partial charge in [0.1, 0.15) is 17.6 Å². The highest BCUT2D eigenvalue weighted by molar-refractivity contribution is 6.36. The molecule has 3 heterocycles. The van der Waals surface area contributed by atoms with E-state index in [1.807, 2.05) is 0 Å². The van der Waals surface area contributed by atoms with Gasteiger partial charge in [-0.2, -0.15) is 0 Å². The highest BCUT2D eigenvalue weighted by Crippen LogP contribution is 2.42. The van der Waals surface area contributed by atoms with Gasteiger partial charge in [-0.1, -0.05) is 17.7 Å². The quantitative estimate of drug-likeness (QED) is 0.365. The van der Waals surface area contributed by atoms with E-state index in [9.17, 15) is 22.8 Å². The molecule has 1 aliphatic carbocycles. The third kappa shape index (κ3) is 5.02. The minimum absolute atomic E-state index is 0.0256. The fourth-order valence-electron chi connectivity index (χ4n) is 4.51. The number of aryl methyl sites for hydroxylation is 1. The van der Waals surface area contributed by atoms with Crippen molar-refractivity contribution in [2.75, 3.05) is 0 Å². The Morgan fingerprint density at radius 3 is 2.61 bits per heavy atom. The molecule has 1 atom stereocenters. The van der Waals surface area contributed by atoms with E-state index in [0.29, 0.717) is 41.3 Å². The number of carbonyl (C=O) groups excluding carboxylic acids is 2. The molecule has 0 N–H and O–H groups in total. The summed E-state index contributed by atoms with van der Waals surface area (Å²) in [5.41, 5.74) is 0.974. The number of nitrogens with zero attached hydrogens (tertiary/aromatic N) is 4. The molecule has 0 saturated heterocycles. The SMILES string of the molecule is CC(=O)C1(OC(=O)CC[C@@H]2N=C(c3ccccn3)c3c(Cl)cc(OC(F)(F)F)cc3-n3c(C)cnc32)CC1. The van der Waals surface area contributed by atoms with Gasteiger partial charge >= 0.3 is 12.3 Å². The van der Waals surface area contributed by atoms with Gasteiger partial charge < -0.3 is 9.47 Å². The highest BCUT2D eigenvalue weighted by atomic mass is 35.5. The number of fused-ring (bicyclic) bond motifs is 3. The predicted molar refractivity (Wildman–Crippen MR) is 131 cm³/mol. The number of ketones is 1. The molecule has 2 aromatic heterocycles. The highest BCUT2D eigenvalue weighted by Gasteiger charge is 2.51. The van der Waals surface area contributed by atoms with Crippen LogP contribution in [0.4, 0.5) is 13.2 Å². The zero-order valence-corrected chi connectivity index (χ0v) is 21.1. The van der Waals surface area contributed by atoms with Crippen LogP contribution in [-0.2, 0) is 14.3 Å². The fraction of sp³-hybridized carbons (Fsp3) is 0.346. The lowest BCUT2D eigenvalue weighted by atomic mass is 10.0. The molecule has 3 aromatic rings. The maximum Gasteiger partial charge on any atom is 0.573 e. The molecule has 198 valence electrons. The smallest absolute Gasteiger partial charge is 0.451 e. The van der Waals surface area contributed by atoms with Crippen LogP contribution in [0.25, 0.3) is 5.69 Å². The van der Waals surface area contributed by atoms with Crippen molar-refractivity contribution in [1.82, 2.24) is 14.5 Å². The number of halogens is 4. The lowest BCUT2D eigenvalue weighted by Gasteiger charge is -2.17. The maximum absolute atomic E-state index is 13.1. The summed E-state index contributed by atoms with van der Waals surface area (Å²) in [7, 11) is 0. The van der Waals surface area contributed by atoms with Crippen LogP contribution in [0.5, 0.6) is 5.75 Å². The zero-order chi connectivity index (χ0) is 27.2. The second-order valence-corrected chi connectivity index (χ2v) is 9.62. The number of benzene rings is 1. The van der Waals surface area contributed by atoms with Gasteiger partial charge in [-0.05, 0) is 51.3 Å². The van der Waals surface area contributed by atoms with Crippen molar-refractivity contribution < 1.29 is 32.2 Å². The number of aromatic nitrogens is 3. The van der Waals surface area contributed by atoms with Crippen molar-refractivity contribution in [3.63, 3.8) is 0 Å². The summed E-state index contributed by atoms with van der Waals surface area (Å²) < 4.78 is 50.5. The number of aliphatic imine (C=N–C) groups is 1. The first-order chi connectivity index (χ1) is 18.0. The molecule has 0 bridgehead atoms. The van der Waals surface area contributed by atoms with Crippen LogP contribution < -0.4 is 4.74 Å². The maximum atomic E-state index is 13.1. The second kappa shape index (κ2) is 9.54. The molecule has 5 rings (SSSR count). The number of hydrogen-bond donors (Lipinski definition) is 0. The average molecular weight is 547 g/mol. The van der Waals surface area contributed by atoms with Gasteiger partial charge in [0.15, 0.2) is 11.4 Å². The number of pyridine rings is 1. The molecule has 0 amide bonds. The number of alkyl halides is 3. The van der Waals surface area contributed by atoms with Crippen molar-refractivity contribution in [1.29, 1.82) is 0 Å². The number of imidazole rings is 1. The lowest BCUT2D eigenvalue weighted by Crippen LogP contribution is -2.27.